The van der Waals surface area contributed by atoms with E-state index in [0.717, 1.165) is 0 Å². The van der Waals surface area contributed by atoms with Crippen LogP contribution < -0.4 is 0 Å². The zero-order valence-corrected chi connectivity index (χ0v) is 9.10. The lowest BCUT2D eigenvalue weighted by Crippen LogP contribution is -2.16. The highest BCUT2D eigenvalue weighted by Crippen LogP contribution is 2.03. The largest absolute Gasteiger partial charge is 0.466 e. The maximum absolute atomic E-state index is 10.7. The Labute approximate surface area is 88.7 Å². The first-order valence-corrected chi connectivity index (χ1v) is 4.25. The fourth-order valence-corrected chi connectivity index (χ4v) is 0.615. The molecule has 0 saturated carbocycles. The summed E-state index contributed by atoms with van der Waals surface area (Å²) in [5.41, 5.74) is 0.338. The molecule has 0 saturated heterocycles. The third-order valence-electron chi connectivity index (χ3n) is 1.64. The standard InChI is InChI=1S/C7H12O3.C3H3NO/c1-5(6(2)9-3)7(8)10-4;1-2-5-3-4-1/h6H,1H2,2-4H3;1-3H. The minimum atomic E-state index is -0.422. The molecule has 0 fully saturated rings. The Hall–Kier alpha value is -1.62. The number of carbonyl (C=O) groups excluding carboxylic acids is 1. The molecule has 1 rings (SSSR count). The molecule has 5 heteroatoms. The van der Waals surface area contributed by atoms with Crippen molar-refractivity contribution in [3.05, 3.63) is 31.0 Å². The maximum Gasteiger partial charge on any atom is 0.335 e. The van der Waals surface area contributed by atoms with Gasteiger partial charge >= 0.3 is 5.97 Å². The molecule has 0 aliphatic rings. The van der Waals surface area contributed by atoms with Gasteiger partial charge in [0.1, 0.15) is 6.26 Å². The lowest BCUT2D eigenvalue weighted by atomic mass is 10.2. The van der Waals surface area contributed by atoms with Gasteiger partial charge in [-0.05, 0) is 6.92 Å². The summed E-state index contributed by atoms with van der Waals surface area (Å²) in [7, 11) is 2.83. The predicted molar refractivity (Wildman–Crippen MR) is 54.1 cm³/mol. The average Bonchev–Trinajstić information content (AvgIpc) is 2.84. The van der Waals surface area contributed by atoms with E-state index in [1.54, 1.807) is 13.1 Å². The van der Waals surface area contributed by atoms with Gasteiger partial charge in [0, 0.05) is 7.11 Å². The summed E-state index contributed by atoms with van der Waals surface area (Å²) in [5, 5.41) is 0. The monoisotopic (exact) mass is 213 g/mol. The van der Waals surface area contributed by atoms with Crippen LogP contribution in [-0.4, -0.2) is 31.3 Å². The molecule has 1 aromatic rings. The Bertz CT molecular complexity index is 264. The van der Waals surface area contributed by atoms with Crippen LogP contribution in [0.15, 0.2) is 35.4 Å². The van der Waals surface area contributed by atoms with Crippen LogP contribution in [0.4, 0.5) is 0 Å². The predicted octanol–water partition coefficient (Wildman–Crippen LogP) is 1.43. The Balaban J connectivity index is 0.000000322. The Morgan fingerprint density at radius 3 is 2.47 bits per heavy atom. The van der Waals surface area contributed by atoms with Crippen molar-refractivity contribution < 1.29 is 18.7 Å². The van der Waals surface area contributed by atoms with Gasteiger partial charge in [-0.3, -0.25) is 0 Å². The van der Waals surface area contributed by atoms with Crippen molar-refractivity contribution in [1.82, 2.24) is 4.98 Å². The van der Waals surface area contributed by atoms with E-state index in [4.69, 9.17) is 4.74 Å². The molecule has 1 heterocycles. The second-order valence-electron chi connectivity index (χ2n) is 2.57. The number of carbonyl (C=O) groups is 1. The van der Waals surface area contributed by atoms with E-state index < -0.39 is 5.97 Å². The molecule has 5 nitrogen and oxygen atoms in total. The van der Waals surface area contributed by atoms with Crippen LogP contribution in [0.2, 0.25) is 0 Å². The van der Waals surface area contributed by atoms with E-state index in [9.17, 15) is 4.79 Å². The van der Waals surface area contributed by atoms with E-state index in [0.29, 0.717) is 5.57 Å². The lowest BCUT2D eigenvalue weighted by Gasteiger charge is -2.09. The smallest absolute Gasteiger partial charge is 0.335 e. The zero-order chi connectivity index (χ0) is 11.7. The number of ether oxygens (including phenoxy) is 2. The van der Waals surface area contributed by atoms with Gasteiger partial charge < -0.3 is 13.9 Å². The first-order chi connectivity index (χ1) is 7.13. The second kappa shape index (κ2) is 7.75. The number of oxazole rings is 1. The minimum absolute atomic E-state index is 0.271. The van der Waals surface area contributed by atoms with Crippen LogP contribution in [-0.2, 0) is 14.3 Å². The highest BCUT2D eigenvalue weighted by atomic mass is 16.5. The molecule has 84 valence electrons. The number of nitrogens with zero attached hydrogens (tertiary/aromatic N) is 1. The highest BCUT2D eigenvalue weighted by molar-refractivity contribution is 5.88. The number of esters is 1. The van der Waals surface area contributed by atoms with Gasteiger partial charge in [0.25, 0.3) is 0 Å². The van der Waals surface area contributed by atoms with Crippen LogP contribution in [0.5, 0.6) is 0 Å². The Morgan fingerprint density at radius 2 is 2.20 bits per heavy atom. The summed E-state index contributed by atoms with van der Waals surface area (Å²) >= 11 is 0. The van der Waals surface area contributed by atoms with Crippen molar-refractivity contribution in [3.63, 3.8) is 0 Å². The summed E-state index contributed by atoms with van der Waals surface area (Å²) < 4.78 is 13.7. The Kier molecular flexibility index (Phi) is 6.92. The van der Waals surface area contributed by atoms with Crippen molar-refractivity contribution >= 4 is 5.97 Å². The molecule has 0 radical (unpaired) electrons. The van der Waals surface area contributed by atoms with Gasteiger partial charge in [-0.2, -0.15) is 0 Å². The first kappa shape index (κ1) is 13.4. The van der Waals surface area contributed by atoms with Crippen molar-refractivity contribution in [3.8, 4) is 0 Å². The van der Waals surface area contributed by atoms with Gasteiger partial charge in [-0.1, -0.05) is 6.58 Å². The lowest BCUT2D eigenvalue weighted by molar-refractivity contribution is -0.137. The molecule has 0 aliphatic heterocycles. The highest BCUT2D eigenvalue weighted by Gasteiger charge is 2.13. The fourth-order valence-electron chi connectivity index (χ4n) is 0.615. The molecule has 1 atom stereocenters. The number of hydrogen-bond donors (Lipinski definition) is 0. The first-order valence-electron chi connectivity index (χ1n) is 4.25. The van der Waals surface area contributed by atoms with Crippen LogP contribution in [0.25, 0.3) is 0 Å². The van der Waals surface area contributed by atoms with Crippen LogP contribution in [0.3, 0.4) is 0 Å². The molecule has 0 amide bonds. The van der Waals surface area contributed by atoms with Gasteiger partial charge in [0.15, 0.2) is 6.39 Å². The SMILES string of the molecule is C=C(C(=O)OC)C(C)OC.c1cocn1. The second-order valence-corrected chi connectivity index (χ2v) is 2.57. The molecule has 0 bridgehead atoms. The number of methoxy groups -OCH3 is 2. The third-order valence-corrected chi connectivity index (χ3v) is 1.64. The maximum atomic E-state index is 10.7. The van der Waals surface area contributed by atoms with E-state index in [1.807, 2.05) is 0 Å². The van der Waals surface area contributed by atoms with Crippen molar-refractivity contribution in [2.45, 2.75) is 13.0 Å². The van der Waals surface area contributed by atoms with Gasteiger partial charge in [0.2, 0.25) is 0 Å². The molecule has 1 aromatic heterocycles. The topological polar surface area (TPSA) is 61.6 Å². The van der Waals surface area contributed by atoms with Crippen LogP contribution in [0.1, 0.15) is 6.92 Å². The molecular formula is C10H15NO4. The quantitative estimate of drug-likeness (QED) is 0.561. The van der Waals surface area contributed by atoms with Crippen LogP contribution >= 0.6 is 0 Å². The fraction of sp³-hybridized carbons (Fsp3) is 0.400. The molecule has 15 heavy (non-hydrogen) atoms. The van der Waals surface area contributed by atoms with Crippen LogP contribution in [0, 0.1) is 0 Å². The minimum Gasteiger partial charge on any atom is -0.466 e. The average molecular weight is 213 g/mol. The summed E-state index contributed by atoms with van der Waals surface area (Å²) in [4.78, 5) is 14.3. The molecule has 0 aliphatic carbocycles. The number of hydrogen-bond acceptors (Lipinski definition) is 5. The summed E-state index contributed by atoms with van der Waals surface area (Å²) in [6.45, 7) is 5.23. The zero-order valence-electron chi connectivity index (χ0n) is 9.10. The Morgan fingerprint density at radius 1 is 1.53 bits per heavy atom. The van der Waals surface area contributed by atoms with Gasteiger partial charge in [-0.25, -0.2) is 9.78 Å². The van der Waals surface area contributed by atoms with E-state index in [-0.39, 0.29) is 6.10 Å². The van der Waals surface area contributed by atoms with E-state index in [2.05, 4.69) is 20.7 Å². The third kappa shape index (κ3) is 5.64. The molecular weight excluding hydrogens is 198 g/mol. The van der Waals surface area contributed by atoms with E-state index in [1.165, 1.54) is 26.9 Å². The van der Waals surface area contributed by atoms with Crippen molar-refractivity contribution in [2.24, 2.45) is 0 Å². The molecule has 1 unspecified atom stereocenters. The van der Waals surface area contributed by atoms with Crippen molar-refractivity contribution in [1.29, 1.82) is 0 Å². The van der Waals surface area contributed by atoms with Gasteiger partial charge in [-0.15, -0.1) is 0 Å². The summed E-state index contributed by atoms with van der Waals surface area (Å²) in [6, 6.07) is 0. The van der Waals surface area contributed by atoms with Crippen molar-refractivity contribution in [2.75, 3.05) is 14.2 Å². The summed E-state index contributed by atoms with van der Waals surface area (Å²) in [5.74, 6) is -0.422. The molecule has 0 aromatic carbocycles. The molecule has 0 N–H and O–H groups in total. The normalized spacial score (nSPS) is 10.9. The molecule has 0 spiro atoms. The van der Waals surface area contributed by atoms with E-state index >= 15 is 0 Å². The number of rotatable bonds is 3. The van der Waals surface area contributed by atoms with Gasteiger partial charge in [0.05, 0.1) is 25.0 Å². The summed E-state index contributed by atoms with van der Waals surface area (Å²) in [6.07, 6.45) is 4.20. The number of aromatic nitrogens is 1.